The number of nitrogens with one attached hydrogen (secondary N) is 1. The van der Waals surface area contributed by atoms with Gasteiger partial charge in [-0.15, -0.1) is 10.2 Å². The fourth-order valence-corrected chi connectivity index (χ4v) is 3.89. The molecule has 0 saturated heterocycles. The molecule has 0 unspecified atom stereocenters. The summed E-state index contributed by atoms with van der Waals surface area (Å²) in [6, 6.07) is 24.0. The van der Waals surface area contributed by atoms with Crippen molar-refractivity contribution in [1.29, 1.82) is 0 Å². The van der Waals surface area contributed by atoms with Crippen molar-refractivity contribution >= 4 is 39.3 Å². The Morgan fingerprint density at radius 2 is 1.67 bits per heavy atom. The molecule has 6 nitrogen and oxygen atoms in total. The van der Waals surface area contributed by atoms with Crippen molar-refractivity contribution < 1.29 is 9.90 Å². The van der Waals surface area contributed by atoms with Gasteiger partial charge in [0, 0.05) is 15.8 Å². The normalized spacial score (nSPS) is 10.7. The number of nitrogens with zero attached hydrogens (tertiary/aromatic N) is 3. The molecule has 0 aliphatic heterocycles. The standard InChI is InChI=1S/C22H17BrN4O2S/c23-15-10-12-16(13-11-15)24-20(29)14-30-22-26-25-21(18-8-4-5-9-19(18)28)27(22)17-6-2-1-3-7-17/h1-13,28H,14H2,(H,24,29). The van der Waals surface area contributed by atoms with Gasteiger partial charge < -0.3 is 10.4 Å². The van der Waals surface area contributed by atoms with Crippen LogP contribution < -0.4 is 5.32 Å². The van der Waals surface area contributed by atoms with Gasteiger partial charge in [0.05, 0.1) is 11.3 Å². The number of hydrogen-bond acceptors (Lipinski definition) is 5. The lowest BCUT2D eigenvalue weighted by molar-refractivity contribution is -0.113. The molecule has 4 aromatic rings. The number of amides is 1. The van der Waals surface area contributed by atoms with Gasteiger partial charge in [-0.3, -0.25) is 9.36 Å². The summed E-state index contributed by atoms with van der Waals surface area (Å²) >= 11 is 4.66. The summed E-state index contributed by atoms with van der Waals surface area (Å²) in [5.74, 6) is 0.651. The molecule has 30 heavy (non-hydrogen) atoms. The molecule has 0 bridgehead atoms. The highest BCUT2D eigenvalue weighted by Crippen LogP contribution is 2.32. The zero-order chi connectivity index (χ0) is 20.9. The maximum atomic E-state index is 12.4. The predicted molar refractivity (Wildman–Crippen MR) is 122 cm³/mol. The molecule has 0 aliphatic rings. The largest absolute Gasteiger partial charge is 0.507 e. The number of aromatic hydroxyl groups is 1. The lowest BCUT2D eigenvalue weighted by Crippen LogP contribution is -2.14. The number of halogens is 1. The number of hydrogen-bond donors (Lipinski definition) is 2. The van der Waals surface area contributed by atoms with E-state index in [1.807, 2.05) is 65.2 Å². The van der Waals surface area contributed by atoms with Crippen molar-refractivity contribution in [3.05, 3.63) is 83.3 Å². The van der Waals surface area contributed by atoms with Crippen molar-refractivity contribution in [3.63, 3.8) is 0 Å². The number of para-hydroxylation sites is 2. The Morgan fingerprint density at radius 1 is 0.967 bits per heavy atom. The maximum Gasteiger partial charge on any atom is 0.234 e. The van der Waals surface area contributed by atoms with Crippen LogP contribution in [0.4, 0.5) is 5.69 Å². The van der Waals surface area contributed by atoms with Crippen LogP contribution in [-0.4, -0.2) is 31.5 Å². The molecule has 0 radical (unpaired) electrons. The number of aromatic nitrogens is 3. The summed E-state index contributed by atoms with van der Waals surface area (Å²) in [7, 11) is 0. The summed E-state index contributed by atoms with van der Waals surface area (Å²) in [6.07, 6.45) is 0. The number of phenolic OH excluding ortho intramolecular Hbond substituents is 1. The second kappa shape index (κ2) is 9.15. The van der Waals surface area contributed by atoms with E-state index in [2.05, 4.69) is 31.4 Å². The lowest BCUT2D eigenvalue weighted by atomic mass is 10.2. The van der Waals surface area contributed by atoms with Crippen LogP contribution in [0.3, 0.4) is 0 Å². The second-order valence-corrected chi connectivity index (χ2v) is 8.20. The molecule has 0 spiro atoms. The Balaban J connectivity index is 1.59. The van der Waals surface area contributed by atoms with Crippen LogP contribution in [0.15, 0.2) is 88.5 Å². The Labute approximate surface area is 186 Å². The highest BCUT2D eigenvalue weighted by molar-refractivity contribution is 9.10. The summed E-state index contributed by atoms with van der Waals surface area (Å²) in [4.78, 5) is 12.4. The Bertz CT molecular complexity index is 1160. The number of anilines is 1. The van der Waals surface area contributed by atoms with Crippen molar-refractivity contribution in [3.8, 4) is 22.8 Å². The first-order chi connectivity index (χ1) is 14.6. The quantitative estimate of drug-likeness (QED) is 0.373. The van der Waals surface area contributed by atoms with Crippen LogP contribution in [0.5, 0.6) is 5.75 Å². The fourth-order valence-electron chi connectivity index (χ4n) is 2.87. The van der Waals surface area contributed by atoms with E-state index in [1.54, 1.807) is 18.2 Å². The van der Waals surface area contributed by atoms with Gasteiger partial charge in [-0.1, -0.05) is 58.0 Å². The molecule has 3 aromatic carbocycles. The Hall–Kier alpha value is -3.10. The van der Waals surface area contributed by atoms with Gasteiger partial charge in [0.15, 0.2) is 11.0 Å². The monoisotopic (exact) mass is 480 g/mol. The number of benzene rings is 3. The number of thioether (sulfide) groups is 1. The second-order valence-electron chi connectivity index (χ2n) is 6.34. The van der Waals surface area contributed by atoms with Crippen LogP contribution in [0.2, 0.25) is 0 Å². The van der Waals surface area contributed by atoms with E-state index in [1.165, 1.54) is 11.8 Å². The summed E-state index contributed by atoms with van der Waals surface area (Å²) < 4.78 is 2.79. The smallest absolute Gasteiger partial charge is 0.234 e. The molecule has 8 heteroatoms. The van der Waals surface area contributed by atoms with Crippen molar-refractivity contribution in [2.45, 2.75) is 5.16 Å². The van der Waals surface area contributed by atoms with Gasteiger partial charge in [0.2, 0.25) is 5.91 Å². The molecular weight excluding hydrogens is 464 g/mol. The van der Waals surface area contributed by atoms with Crippen LogP contribution in [-0.2, 0) is 4.79 Å². The summed E-state index contributed by atoms with van der Waals surface area (Å²) in [5, 5.41) is 22.3. The summed E-state index contributed by atoms with van der Waals surface area (Å²) in [6.45, 7) is 0. The van der Waals surface area contributed by atoms with Crippen LogP contribution in [0.1, 0.15) is 0 Å². The van der Waals surface area contributed by atoms with Gasteiger partial charge in [-0.05, 0) is 48.5 Å². The molecule has 150 valence electrons. The number of phenols is 1. The molecule has 0 aliphatic carbocycles. The maximum absolute atomic E-state index is 12.4. The topological polar surface area (TPSA) is 80.0 Å². The number of rotatable bonds is 6. The summed E-state index contributed by atoms with van der Waals surface area (Å²) in [5.41, 5.74) is 2.14. The van der Waals surface area contributed by atoms with Gasteiger partial charge in [0.25, 0.3) is 0 Å². The fraction of sp³-hybridized carbons (Fsp3) is 0.0455. The third kappa shape index (κ3) is 4.55. The number of carbonyl (C=O) groups is 1. The highest BCUT2D eigenvalue weighted by Gasteiger charge is 2.19. The number of carbonyl (C=O) groups excluding carboxylic acids is 1. The minimum absolute atomic E-state index is 0.117. The van der Waals surface area contributed by atoms with Gasteiger partial charge >= 0.3 is 0 Å². The van der Waals surface area contributed by atoms with E-state index in [0.717, 1.165) is 15.8 Å². The van der Waals surface area contributed by atoms with E-state index in [-0.39, 0.29) is 17.4 Å². The van der Waals surface area contributed by atoms with Crippen LogP contribution >= 0.6 is 27.7 Å². The molecular formula is C22H17BrN4O2S. The average Bonchev–Trinajstić information content (AvgIpc) is 3.18. The van der Waals surface area contributed by atoms with E-state index >= 15 is 0 Å². The molecule has 1 amide bonds. The highest BCUT2D eigenvalue weighted by atomic mass is 79.9. The molecule has 0 atom stereocenters. The van der Waals surface area contributed by atoms with Gasteiger partial charge in [-0.2, -0.15) is 0 Å². The zero-order valence-corrected chi connectivity index (χ0v) is 18.1. The minimum atomic E-state index is -0.144. The predicted octanol–water partition coefficient (Wildman–Crippen LogP) is 5.13. The van der Waals surface area contributed by atoms with E-state index in [4.69, 9.17) is 0 Å². The average molecular weight is 481 g/mol. The van der Waals surface area contributed by atoms with Gasteiger partial charge in [0.1, 0.15) is 5.75 Å². The SMILES string of the molecule is O=C(CSc1nnc(-c2ccccc2O)n1-c1ccccc1)Nc1ccc(Br)cc1. The first-order valence-corrected chi connectivity index (χ1v) is 10.9. The lowest BCUT2D eigenvalue weighted by Gasteiger charge is -2.11. The first-order valence-electron chi connectivity index (χ1n) is 9.09. The van der Waals surface area contributed by atoms with E-state index in [9.17, 15) is 9.90 Å². The molecule has 4 rings (SSSR count). The molecule has 1 heterocycles. The minimum Gasteiger partial charge on any atom is -0.507 e. The zero-order valence-electron chi connectivity index (χ0n) is 15.7. The Kier molecular flexibility index (Phi) is 6.15. The molecule has 0 saturated carbocycles. The Morgan fingerprint density at radius 3 is 2.40 bits per heavy atom. The van der Waals surface area contributed by atoms with E-state index < -0.39 is 0 Å². The van der Waals surface area contributed by atoms with Crippen molar-refractivity contribution in [2.75, 3.05) is 11.1 Å². The van der Waals surface area contributed by atoms with Crippen LogP contribution in [0.25, 0.3) is 17.1 Å². The molecule has 2 N–H and O–H groups in total. The van der Waals surface area contributed by atoms with E-state index in [0.29, 0.717) is 16.5 Å². The van der Waals surface area contributed by atoms with Crippen molar-refractivity contribution in [1.82, 2.24) is 14.8 Å². The molecule has 1 aromatic heterocycles. The third-order valence-electron chi connectivity index (χ3n) is 4.25. The van der Waals surface area contributed by atoms with Crippen LogP contribution in [0, 0.1) is 0 Å². The molecule has 0 fully saturated rings. The van der Waals surface area contributed by atoms with Gasteiger partial charge in [-0.25, -0.2) is 0 Å². The first kappa shape index (κ1) is 20.2. The van der Waals surface area contributed by atoms with Crippen molar-refractivity contribution in [2.24, 2.45) is 0 Å². The third-order valence-corrected chi connectivity index (χ3v) is 5.71.